The van der Waals surface area contributed by atoms with Gasteiger partial charge >= 0.3 is 6.09 Å². The van der Waals surface area contributed by atoms with E-state index in [1.165, 1.54) is 4.90 Å². The first kappa shape index (κ1) is 16.8. The average Bonchev–Trinajstić information content (AvgIpc) is 2.54. The maximum absolute atomic E-state index is 12.4. The van der Waals surface area contributed by atoms with Crippen LogP contribution in [0.2, 0.25) is 0 Å². The van der Waals surface area contributed by atoms with Crippen molar-refractivity contribution in [2.45, 2.75) is 19.8 Å². The average molecular weight is 319 g/mol. The highest BCUT2D eigenvalue weighted by Crippen LogP contribution is 2.26. The molecule has 1 aromatic carbocycles. The van der Waals surface area contributed by atoms with Gasteiger partial charge < -0.3 is 21.1 Å². The van der Waals surface area contributed by atoms with Crippen LogP contribution in [0.15, 0.2) is 24.3 Å². The molecule has 1 heterocycles. The minimum Gasteiger partial charge on any atom is -0.465 e. The Kier molecular flexibility index (Phi) is 5.20. The van der Waals surface area contributed by atoms with Crippen molar-refractivity contribution in [3.8, 4) is 0 Å². The maximum Gasteiger partial charge on any atom is 0.407 e. The highest BCUT2D eigenvalue weighted by molar-refractivity contribution is 6.03. The van der Waals surface area contributed by atoms with E-state index in [-0.39, 0.29) is 23.3 Å². The molecule has 1 unspecified atom stereocenters. The van der Waals surface area contributed by atoms with Crippen molar-refractivity contribution < 1.29 is 19.5 Å². The molecule has 0 aromatic heterocycles. The number of primary amides is 1. The Morgan fingerprint density at radius 3 is 2.43 bits per heavy atom. The zero-order valence-electron chi connectivity index (χ0n) is 13.0. The molecule has 1 aromatic rings. The largest absolute Gasteiger partial charge is 0.465 e. The number of para-hydroxylation sites is 1. The molecule has 0 saturated carbocycles. The second-order valence-electron chi connectivity index (χ2n) is 5.79. The second kappa shape index (κ2) is 7.13. The number of nitrogens with zero attached hydrogens (tertiary/aromatic N) is 1. The Morgan fingerprint density at radius 2 is 1.87 bits per heavy atom. The van der Waals surface area contributed by atoms with Gasteiger partial charge in [-0.05, 0) is 30.9 Å². The zero-order valence-corrected chi connectivity index (χ0v) is 13.0. The van der Waals surface area contributed by atoms with E-state index in [1.54, 1.807) is 24.3 Å². The molecule has 124 valence electrons. The van der Waals surface area contributed by atoms with E-state index in [4.69, 9.17) is 10.8 Å². The zero-order chi connectivity index (χ0) is 17.0. The number of carboxylic acid groups (broad SMARTS) is 1. The quantitative estimate of drug-likeness (QED) is 0.784. The number of amides is 3. The topological polar surface area (TPSA) is 113 Å². The first-order valence-electron chi connectivity index (χ1n) is 7.57. The van der Waals surface area contributed by atoms with Crippen molar-refractivity contribution in [3.05, 3.63) is 29.8 Å². The standard InChI is InChI=1S/C16H21N3O4/c1-10(11-6-8-19(9-7-11)16(22)23)15(21)18-13-5-3-2-4-12(13)14(17)20/h2-5,10-11H,6-9H2,1H3,(H2,17,20)(H,18,21)(H,22,23). The third-order valence-electron chi connectivity index (χ3n) is 4.38. The summed E-state index contributed by atoms with van der Waals surface area (Å²) < 4.78 is 0. The molecule has 1 aliphatic heterocycles. The Bertz CT molecular complexity index is 609. The van der Waals surface area contributed by atoms with Crippen molar-refractivity contribution in [2.24, 2.45) is 17.6 Å². The summed E-state index contributed by atoms with van der Waals surface area (Å²) in [6, 6.07) is 6.60. The van der Waals surface area contributed by atoms with E-state index >= 15 is 0 Å². The van der Waals surface area contributed by atoms with E-state index in [0.717, 1.165) is 0 Å². The predicted molar refractivity (Wildman–Crippen MR) is 85.1 cm³/mol. The Morgan fingerprint density at radius 1 is 1.26 bits per heavy atom. The lowest BCUT2D eigenvalue weighted by Crippen LogP contribution is -2.41. The van der Waals surface area contributed by atoms with Crippen LogP contribution in [0.1, 0.15) is 30.1 Å². The van der Waals surface area contributed by atoms with E-state index < -0.39 is 12.0 Å². The van der Waals surface area contributed by atoms with Crippen LogP contribution in [0.4, 0.5) is 10.5 Å². The van der Waals surface area contributed by atoms with E-state index in [1.807, 2.05) is 6.92 Å². The van der Waals surface area contributed by atoms with Gasteiger partial charge in [-0.2, -0.15) is 0 Å². The van der Waals surface area contributed by atoms with Gasteiger partial charge in [0.1, 0.15) is 0 Å². The van der Waals surface area contributed by atoms with Gasteiger partial charge in [-0.15, -0.1) is 0 Å². The molecule has 7 heteroatoms. The summed E-state index contributed by atoms with van der Waals surface area (Å²) in [4.78, 5) is 36.1. The summed E-state index contributed by atoms with van der Waals surface area (Å²) in [7, 11) is 0. The lowest BCUT2D eigenvalue weighted by Gasteiger charge is -2.32. The summed E-state index contributed by atoms with van der Waals surface area (Å²) >= 11 is 0. The van der Waals surface area contributed by atoms with Gasteiger partial charge in [-0.25, -0.2) is 4.79 Å². The van der Waals surface area contributed by atoms with Crippen LogP contribution in [0.5, 0.6) is 0 Å². The normalized spacial score (nSPS) is 16.7. The third kappa shape index (κ3) is 4.00. The fourth-order valence-electron chi connectivity index (χ4n) is 2.86. The molecular weight excluding hydrogens is 298 g/mol. The molecule has 0 radical (unpaired) electrons. The number of nitrogens with two attached hydrogens (primary N) is 1. The van der Waals surface area contributed by atoms with Crippen molar-refractivity contribution in [1.82, 2.24) is 4.90 Å². The summed E-state index contributed by atoms with van der Waals surface area (Å²) in [5, 5.41) is 11.7. The van der Waals surface area contributed by atoms with Crippen LogP contribution in [0, 0.1) is 11.8 Å². The monoisotopic (exact) mass is 319 g/mol. The number of carbonyl (C=O) groups excluding carboxylic acids is 2. The van der Waals surface area contributed by atoms with Crippen LogP contribution in [0.25, 0.3) is 0 Å². The summed E-state index contributed by atoms with van der Waals surface area (Å²) in [6.45, 7) is 2.70. The first-order valence-corrected chi connectivity index (χ1v) is 7.57. The van der Waals surface area contributed by atoms with Gasteiger partial charge in [0.05, 0.1) is 11.3 Å². The number of likely N-dealkylation sites (tertiary alicyclic amines) is 1. The Hall–Kier alpha value is -2.57. The number of nitrogens with one attached hydrogen (secondary N) is 1. The van der Waals surface area contributed by atoms with Crippen molar-refractivity contribution in [3.63, 3.8) is 0 Å². The molecule has 1 aliphatic rings. The Labute approximate surface area is 134 Å². The number of rotatable bonds is 4. The molecule has 1 atom stereocenters. The fourth-order valence-corrected chi connectivity index (χ4v) is 2.86. The van der Waals surface area contributed by atoms with Gasteiger partial charge in [0.25, 0.3) is 5.91 Å². The van der Waals surface area contributed by atoms with Gasteiger partial charge in [0.2, 0.25) is 5.91 Å². The van der Waals surface area contributed by atoms with Gasteiger partial charge in [-0.3, -0.25) is 9.59 Å². The molecule has 7 nitrogen and oxygen atoms in total. The lowest BCUT2D eigenvalue weighted by atomic mass is 9.85. The van der Waals surface area contributed by atoms with Gasteiger partial charge in [0, 0.05) is 19.0 Å². The molecule has 23 heavy (non-hydrogen) atoms. The first-order chi connectivity index (χ1) is 10.9. The molecule has 0 spiro atoms. The minimum atomic E-state index is -0.920. The summed E-state index contributed by atoms with van der Waals surface area (Å²) in [5.41, 5.74) is 5.98. The van der Waals surface area contributed by atoms with Crippen LogP contribution in [-0.4, -0.2) is 41.0 Å². The molecule has 2 rings (SSSR count). The number of hydrogen-bond acceptors (Lipinski definition) is 3. The number of piperidine rings is 1. The lowest BCUT2D eigenvalue weighted by molar-refractivity contribution is -0.121. The molecule has 0 aliphatic carbocycles. The number of carbonyl (C=O) groups is 3. The maximum atomic E-state index is 12.4. The van der Waals surface area contributed by atoms with Gasteiger partial charge in [-0.1, -0.05) is 19.1 Å². The number of hydrogen-bond donors (Lipinski definition) is 3. The summed E-state index contributed by atoms with van der Waals surface area (Å²) in [6.07, 6.45) is 0.382. The second-order valence-corrected chi connectivity index (χ2v) is 5.79. The molecule has 4 N–H and O–H groups in total. The van der Waals surface area contributed by atoms with Crippen LogP contribution in [0.3, 0.4) is 0 Å². The predicted octanol–water partition coefficient (Wildman–Crippen LogP) is 1.75. The number of benzene rings is 1. The van der Waals surface area contributed by atoms with Crippen molar-refractivity contribution in [1.29, 1.82) is 0 Å². The molecule has 1 fully saturated rings. The van der Waals surface area contributed by atoms with E-state index in [9.17, 15) is 14.4 Å². The number of anilines is 1. The van der Waals surface area contributed by atoms with Crippen LogP contribution in [-0.2, 0) is 4.79 Å². The van der Waals surface area contributed by atoms with E-state index in [2.05, 4.69) is 5.32 Å². The highest BCUT2D eigenvalue weighted by atomic mass is 16.4. The molecule has 3 amide bonds. The summed E-state index contributed by atoms with van der Waals surface area (Å²) in [5.74, 6) is -0.936. The van der Waals surface area contributed by atoms with Crippen LogP contribution >= 0.6 is 0 Å². The smallest absolute Gasteiger partial charge is 0.407 e. The van der Waals surface area contributed by atoms with Gasteiger partial charge in [0.15, 0.2) is 0 Å². The highest BCUT2D eigenvalue weighted by Gasteiger charge is 2.30. The van der Waals surface area contributed by atoms with Crippen LogP contribution < -0.4 is 11.1 Å². The molecule has 0 bridgehead atoms. The SMILES string of the molecule is CC(C(=O)Nc1ccccc1C(N)=O)C1CCN(C(=O)O)CC1. The third-order valence-corrected chi connectivity index (χ3v) is 4.38. The van der Waals surface area contributed by atoms with Crippen molar-refractivity contribution in [2.75, 3.05) is 18.4 Å². The molecule has 1 saturated heterocycles. The Balaban J connectivity index is 1.99. The molecular formula is C16H21N3O4. The van der Waals surface area contributed by atoms with E-state index in [0.29, 0.717) is 31.6 Å². The fraction of sp³-hybridized carbons (Fsp3) is 0.438. The minimum absolute atomic E-state index is 0.117. The van der Waals surface area contributed by atoms with Crippen molar-refractivity contribution >= 4 is 23.6 Å².